The molecule has 0 N–H and O–H groups in total. The molecule has 0 saturated heterocycles. The number of aromatic nitrogens is 2. The average Bonchev–Trinajstić information content (AvgIpc) is 3.01. The molecule has 1 aliphatic carbocycles. The van der Waals surface area contributed by atoms with Gasteiger partial charge in [0.1, 0.15) is 11.5 Å². The zero-order valence-corrected chi connectivity index (χ0v) is 8.80. The predicted molar refractivity (Wildman–Crippen MR) is 54.0 cm³/mol. The SMILES string of the molecule is CC(C)(c1ccnc(C2CC2)n1)[N+](=O)[O-]. The summed E-state index contributed by atoms with van der Waals surface area (Å²) in [6.45, 7) is 3.12. The van der Waals surface area contributed by atoms with Gasteiger partial charge in [-0.2, -0.15) is 0 Å². The molecule has 1 aromatic heterocycles. The molecule has 1 heterocycles. The molecule has 5 heteroatoms. The highest BCUT2D eigenvalue weighted by Crippen LogP contribution is 2.38. The first-order valence-electron chi connectivity index (χ1n) is 4.99. The van der Waals surface area contributed by atoms with Gasteiger partial charge in [0.15, 0.2) is 0 Å². The molecule has 0 aliphatic heterocycles. The zero-order valence-electron chi connectivity index (χ0n) is 8.80. The van der Waals surface area contributed by atoms with Crippen molar-refractivity contribution in [2.45, 2.75) is 38.1 Å². The summed E-state index contributed by atoms with van der Waals surface area (Å²) in [6.07, 6.45) is 3.81. The van der Waals surface area contributed by atoms with Crippen molar-refractivity contribution in [3.63, 3.8) is 0 Å². The van der Waals surface area contributed by atoms with E-state index in [9.17, 15) is 10.1 Å². The molecule has 0 spiro atoms. The Morgan fingerprint density at radius 2 is 2.20 bits per heavy atom. The van der Waals surface area contributed by atoms with Crippen LogP contribution in [0, 0.1) is 10.1 Å². The molecule has 0 aromatic carbocycles. The molecule has 0 radical (unpaired) electrons. The lowest BCUT2D eigenvalue weighted by molar-refractivity contribution is -0.570. The number of hydrogen-bond acceptors (Lipinski definition) is 4. The van der Waals surface area contributed by atoms with Gasteiger partial charge < -0.3 is 0 Å². The van der Waals surface area contributed by atoms with E-state index in [1.54, 1.807) is 26.1 Å². The van der Waals surface area contributed by atoms with Crippen LogP contribution in [0.15, 0.2) is 12.3 Å². The van der Waals surface area contributed by atoms with Crippen LogP contribution in [0.2, 0.25) is 0 Å². The van der Waals surface area contributed by atoms with Gasteiger partial charge in [0.05, 0.1) is 0 Å². The van der Waals surface area contributed by atoms with Crippen LogP contribution in [-0.4, -0.2) is 14.9 Å². The van der Waals surface area contributed by atoms with Crippen molar-refractivity contribution in [1.82, 2.24) is 9.97 Å². The summed E-state index contributed by atoms with van der Waals surface area (Å²) in [5.41, 5.74) is -0.642. The van der Waals surface area contributed by atoms with Crippen molar-refractivity contribution in [2.75, 3.05) is 0 Å². The highest BCUT2D eigenvalue weighted by atomic mass is 16.6. The zero-order chi connectivity index (χ0) is 11.1. The van der Waals surface area contributed by atoms with Gasteiger partial charge in [0, 0.05) is 30.9 Å². The quantitative estimate of drug-likeness (QED) is 0.560. The molecule has 0 amide bonds. The monoisotopic (exact) mass is 207 g/mol. The summed E-state index contributed by atoms with van der Waals surface area (Å²) >= 11 is 0. The van der Waals surface area contributed by atoms with Crippen LogP contribution in [-0.2, 0) is 5.54 Å². The molecule has 15 heavy (non-hydrogen) atoms. The minimum Gasteiger partial charge on any atom is -0.264 e. The number of nitro groups is 1. The van der Waals surface area contributed by atoms with Gasteiger partial charge in [-0.3, -0.25) is 10.1 Å². The average molecular weight is 207 g/mol. The molecule has 1 fully saturated rings. The van der Waals surface area contributed by atoms with Gasteiger partial charge in [-0.15, -0.1) is 0 Å². The number of hydrogen-bond donors (Lipinski definition) is 0. The smallest absolute Gasteiger partial charge is 0.258 e. The fraction of sp³-hybridized carbons (Fsp3) is 0.600. The van der Waals surface area contributed by atoms with E-state index >= 15 is 0 Å². The Morgan fingerprint density at radius 1 is 1.53 bits per heavy atom. The first kappa shape index (κ1) is 10.0. The van der Waals surface area contributed by atoms with Gasteiger partial charge in [-0.05, 0) is 18.9 Å². The summed E-state index contributed by atoms with van der Waals surface area (Å²) in [4.78, 5) is 19.0. The summed E-state index contributed by atoms with van der Waals surface area (Å²) in [6, 6.07) is 1.62. The number of nitrogens with zero attached hydrogens (tertiary/aromatic N) is 3. The van der Waals surface area contributed by atoms with Crippen LogP contribution in [0.1, 0.15) is 44.1 Å². The Labute approximate surface area is 87.7 Å². The third-order valence-electron chi connectivity index (χ3n) is 2.70. The van der Waals surface area contributed by atoms with E-state index in [0.717, 1.165) is 18.7 Å². The van der Waals surface area contributed by atoms with Crippen molar-refractivity contribution in [3.05, 3.63) is 33.9 Å². The van der Waals surface area contributed by atoms with Gasteiger partial charge >= 0.3 is 0 Å². The second kappa shape index (κ2) is 3.25. The summed E-state index contributed by atoms with van der Waals surface area (Å²) in [7, 11) is 0. The van der Waals surface area contributed by atoms with Gasteiger partial charge in [0.25, 0.3) is 5.54 Å². The molecule has 0 atom stereocenters. The van der Waals surface area contributed by atoms with Crippen LogP contribution in [0.4, 0.5) is 0 Å². The normalized spacial score (nSPS) is 16.4. The topological polar surface area (TPSA) is 68.9 Å². The van der Waals surface area contributed by atoms with E-state index in [1.807, 2.05) is 0 Å². The minimum absolute atomic E-state index is 0.313. The Balaban J connectivity index is 2.35. The summed E-state index contributed by atoms with van der Waals surface area (Å²) < 4.78 is 0. The first-order chi connectivity index (χ1) is 7.01. The highest BCUT2D eigenvalue weighted by molar-refractivity contribution is 5.14. The summed E-state index contributed by atoms with van der Waals surface area (Å²) in [5, 5.41) is 10.9. The predicted octanol–water partition coefficient (Wildman–Crippen LogP) is 1.87. The largest absolute Gasteiger partial charge is 0.264 e. The van der Waals surface area contributed by atoms with E-state index in [1.165, 1.54) is 0 Å². The van der Waals surface area contributed by atoms with E-state index in [0.29, 0.717) is 11.6 Å². The molecule has 1 aromatic rings. The lowest BCUT2D eigenvalue weighted by atomic mass is 10.0. The molecule has 5 nitrogen and oxygen atoms in total. The Kier molecular flexibility index (Phi) is 2.17. The van der Waals surface area contributed by atoms with Gasteiger partial charge in [-0.1, -0.05) is 0 Å². The third kappa shape index (κ3) is 1.82. The molecular weight excluding hydrogens is 194 g/mol. The molecule has 0 bridgehead atoms. The standard InChI is InChI=1S/C10H13N3O2/c1-10(2,13(14)15)8-5-6-11-9(12-8)7-3-4-7/h5-7H,3-4H2,1-2H3. The van der Waals surface area contributed by atoms with Crippen LogP contribution >= 0.6 is 0 Å². The molecular formula is C10H13N3O2. The molecule has 80 valence electrons. The van der Waals surface area contributed by atoms with E-state index in [-0.39, 0.29) is 4.92 Å². The van der Waals surface area contributed by atoms with E-state index in [4.69, 9.17) is 0 Å². The summed E-state index contributed by atoms with van der Waals surface area (Å²) in [5.74, 6) is 1.18. The van der Waals surface area contributed by atoms with E-state index < -0.39 is 5.54 Å². The molecule has 0 unspecified atom stereocenters. The third-order valence-corrected chi connectivity index (χ3v) is 2.70. The number of rotatable bonds is 3. The maximum atomic E-state index is 10.9. The molecule has 2 rings (SSSR count). The maximum Gasteiger partial charge on any atom is 0.258 e. The Hall–Kier alpha value is -1.52. The van der Waals surface area contributed by atoms with Crippen molar-refractivity contribution in [3.8, 4) is 0 Å². The van der Waals surface area contributed by atoms with Crippen LogP contribution < -0.4 is 0 Å². The fourth-order valence-corrected chi connectivity index (χ4v) is 1.35. The first-order valence-corrected chi connectivity index (χ1v) is 4.99. The lowest BCUT2D eigenvalue weighted by Gasteiger charge is -2.14. The molecule has 1 aliphatic rings. The van der Waals surface area contributed by atoms with Crippen molar-refractivity contribution >= 4 is 0 Å². The molecule has 1 saturated carbocycles. The Morgan fingerprint density at radius 3 is 2.73 bits per heavy atom. The fourth-order valence-electron chi connectivity index (χ4n) is 1.35. The van der Waals surface area contributed by atoms with Crippen LogP contribution in [0.25, 0.3) is 0 Å². The van der Waals surface area contributed by atoms with Gasteiger partial charge in [0.2, 0.25) is 0 Å². The second-order valence-corrected chi connectivity index (χ2v) is 4.39. The Bertz CT molecular complexity index is 399. The van der Waals surface area contributed by atoms with Crippen molar-refractivity contribution < 1.29 is 4.92 Å². The maximum absolute atomic E-state index is 10.9. The van der Waals surface area contributed by atoms with Crippen molar-refractivity contribution in [1.29, 1.82) is 0 Å². The lowest BCUT2D eigenvalue weighted by Crippen LogP contribution is -2.29. The van der Waals surface area contributed by atoms with Gasteiger partial charge in [-0.25, -0.2) is 9.97 Å². The second-order valence-electron chi connectivity index (χ2n) is 4.39. The van der Waals surface area contributed by atoms with Crippen molar-refractivity contribution in [2.24, 2.45) is 0 Å². The highest BCUT2D eigenvalue weighted by Gasteiger charge is 2.36. The minimum atomic E-state index is -1.13. The van der Waals surface area contributed by atoms with E-state index in [2.05, 4.69) is 9.97 Å². The van der Waals surface area contributed by atoms with Crippen LogP contribution in [0.3, 0.4) is 0 Å². The van der Waals surface area contributed by atoms with Crippen LogP contribution in [0.5, 0.6) is 0 Å².